The molecule has 0 aliphatic carbocycles. The monoisotopic (exact) mass is 212 g/mol. The van der Waals surface area contributed by atoms with Crippen molar-refractivity contribution in [2.45, 2.75) is 18.8 Å². The summed E-state index contributed by atoms with van der Waals surface area (Å²) in [4.78, 5) is 17.3. The van der Waals surface area contributed by atoms with Gasteiger partial charge in [0.05, 0.1) is 0 Å². The molecule has 1 fully saturated rings. The highest BCUT2D eigenvalue weighted by atomic mass is 32.2. The maximum atomic E-state index is 10.6. The second kappa shape index (κ2) is 4.04. The molecule has 1 aromatic heterocycles. The number of H-pyrrole nitrogens is 1. The Balaban J connectivity index is 2.11. The summed E-state index contributed by atoms with van der Waals surface area (Å²) in [6.07, 6.45) is 3.99. The summed E-state index contributed by atoms with van der Waals surface area (Å²) in [5.41, 5.74) is 0.967. The van der Waals surface area contributed by atoms with Crippen LogP contribution in [-0.2, 0) is 0 Å². The maximum absolute atomic E-state index is 10.6. The molecule has 1 aliphatic rings. The number of aromatic carboxylic acids is 1. The number of nitrogens with zero attached hydrogens (tertiary/aromatic N) is 1. The second-order valence-electron chi connectivity index (χ2n) is 3.41. The Bertz CT molecular complexity index is 331. The summed E-state index contributed by atoms with van der Waals surface area (Å²) >= 11 is 1.92. The molecule has 2 N–H and O–H groups in total. The van der Waals surface area contributed by atoms with Gasteiger partial charge in [-0.25, -0.2) is 9.78 Å². The largest absolute Gasteiger partial charge is 0.475 e. The highest BCUT2D eigenvalue weighted by Crippen LogP contribution is 2.29. The highest BCUT2D eigenvalue weighted by Gasteiger charge is 2.19. The van der Waals surface area contributed by atoms with Crippen molar-refractivity contribution in [3.8, 4) is 0 Å². The fourth-order valence-corrected chi connectivity index (χ4v) is 2.81. The molecule has 1 saturated heterocycles. The highest BCUT2D eigenvalue weighted by molar-refractivity contribution is 7.99. The minimum absolute atomic E-state index is 0.0515. The quantitative estimate of drug-likeness (QED) is 0.783. The van der Waals surface area contributed by atoms with E-state index < -0.39 is 5.97 Å². The van der Waals surface area contributed by atoms with Gasteiger partial charge < -0.3 is 10.1 Å². The number of nitrogens with one attached hydrogen (secondary N) is 1. The van der Waals surface area contributed by atoms with Crippen molar-refractivity contribution in [1.29, 1.82) is 0 Å². The van der Waals surface area contributed by atoms with Crippen molar-refractivity contribution in [3.05, 3.63) is 17.7 Å². The van der Waals surface area contributed by atoms with Gasteiger partial charge in [0, 0.05) is 23.6 Å². The predicted octanol–water partition coefficient (Wildman–Crippen LogP) is 1.72. The third kappa shape index (κ3) is 1.92. The Hall–Kier alpha value is -0.970. The van der Waals surface area contributed by atoms with E-state index in [0.29, 0.717) is 5.92 Å². The van der Waals surface area contributed by atoms with Crippen LogP contribution in [0.15, 0.2) is 6.20 Å². The normalized spacial score (nSPS) is 22.1. The molecular formula is C9H12N2O2S. The molecule has 1 atom stereocenters. The zero-order valence-corrected chi connectivity index (χ0v) is 8.51. The Kier molecular flexibility index (Phi) is 2.77. The van der Waals surface area contributed by atoms with Crippen molar-refractivity contribution >= 4 is 17.7 Å². The number of rotatable bonds is 2. The third-order valence-electron chi connectivity index (χ3n) is 2.40. The molecule has 0 amide bonds. The lowest BCUT2D eigenvalue weighted by molar-refractivity contribution is 0.0684. The van der Waals surface area contributed by atoms with Gasteiger partial charge >= 0.3 is 5.97 Å². The van der Waals surface area contributed by atoms with Gasteiger partial charge in [-0.3, -0.25) is 0 Å². The average Bonchev–Trinajstić information content (AvgIpc) is 2.68. The first kappa shape index (κ1) is 9.58. The first-order valence-electron chi connectivity index (χ1n) is 4.63. The van der Waals surface area contributed by atoms with E-state index in [2.05, 4.69) is 9.97 Å². The van der Waals surface area contributed by atoms with Crippen LogP contribution in [0.4, 0.5) is 0 Å². The fourth-order valence-electron chi connectivity index (χ4n) is 1.64. The van der Waals surface area contributed by atoms with Crippen LogP contribution in [0.3, 0.4) is 0 Å². The van der Waals surface area contributed by atoms with Gasteiger partial charge in [-0.1, -0.05) is 0 Å². The molecule has 0 bridgehead atoms. The van der Waals surface area contributed by atoms with Gasteiger partial charge in [0.25, 0.3) is 0 Å². The van der Waals surface area contributed by atoms with Gasteiger partial charge in [-0.05, 0) is 18.6 Å². The van der Waals surface area contributed by atoms with Crippen molar-refractivity contribution in [1.82, 2.24) is 9.97 Å². The number of imidazole rings is 1. The third-order valence-corrected chi connectivity index (χ3v) is 3.61. The molecule has 4 nitrogen and oxygen atoms in total. The van der Waals surface area contributed by atoms with Crippen molar-refractivity contribution in [2.24, 2.45) is 0 Å². The molecule has 0 saturated carbocycles. The summed E-state index contributed by atoms with van der Waals surface area (Å²) < 4.78 is 0. The van der Waals surface area contributed by atoms with E-state index in [0.717, 1.165) is 17.9 Å². The van der Waals surface area contributed by atoms with E-state index in [1.165, 1.54) is 12.2 Å². The Labute approximate surface area is 86.1 Å². The van der Waals surface area contributed by atoms with Gasteiger partial charge in [-0.2, -0.15) is 11.8 Å². The molecule has 0 radical (unpaired) electrons. The molecule has 76 valence electrons. The molecule has 2 rings (SSSR count). The average molecular weight is 212 g/mol. The smallest absolute Gasteiger partial charge is 0.371 e. The number of hydrogen-bond donors (Lipinski definition) is 2. The minimum Gasteiger partial charge on any atom is -0.475 e. The topological polar surface area (TPSA) is 66.0 Å². The molecule has 1 aliphatic heterocycles. The van der Waals surface area contributed by atoms with E-state index in [9.17, 15) is 4.79 Å². The number of aromatic amines is 1. The first-order valence-corrected chi connectivity index (χ1v) is 5.79. The predicted molar refractivity (Wildman–Crippen MR) is 54.8 cm³/mol. The number of carbonyl (C=O) groups is 1. The van der Waals surface area contributed by atoms with E-state index in [-0.39, 0.29) is 5.82 Å². The Morgan fingerprint density at radius 3 is 3.14 bits per heavy atom. The molecular weight excluding hydrogens is 200 g/mol. The number of hydrogen-bond acceptors (Lipinski definition) is 3. The number of aromatic nitrogens is 2. The molecule has 0 aromatic carbocycles. The lowest BCUT2D eigenvalue weighted by Gasteiger charge is -2.19. The number of carboxylic acid groups (broad SMARTS) is 1. The Morgan fingerprint density at radius 2 is 2.57 bits per heavy atom. The molecule has 2 heterocycles. The van der Waals surface area contributed by atoms with Crippen LogP contribution < -0.4 is 0 Å². The van der Waals surface area contributed by atoms with Crippen molar-refractivity contribution in [3.63, 3.8) is 0 Å². The molecule has 0 spiro atoms. The molecule has 1 unspecified atom stereocenters. The fraction of sp³-hybridized carbons (Fsp3) is 0.556. The lowest BCUT2D eigenvalue weighted by Crippen LogP contribution is -2.09. The summed E-state index contributed by atoms with van der Waals surface area (Å²) in [5.74, 6) is 1.81. The van der Waals surface area contributed by atoms with E-state index in [4.69, 9.17) is 5.11 Å². The van der Waals surface area contributed by atoms with Crippen molar-refractivity contribution in [2.75, 3.05) is 11.5 Å². The zero-order chi connectivity index (χ0) is 9.97. The second-order valence-corrected chi connectivity index (χ2v) is 4.56. The summed E-state index contributed by atoms with van der Waals surface area (Å²) in [6.45, 7) is 0. The standard InChI is InChI=1S/C9H12N2O2S/c12-9(13)8-10-4-7(11-8)6-2-1-3-14-5-6/h4,6H,1-3,5H2,(H,10,11)(H,12,13). The summed E-state index contributed by atoms with van der Waals surface area (Å²) in [7, 11) is 0. The number of carboxylic acids is 1. The van der Waals surface area contributed by atoms with Gasteiger partial charge in [0.1, 0.15) is 0 Å². The molecule has 1 aromatic rings. The van der Waals surface area contributed by atoms with E-state index in [1.54, 1.807) is 6.20 Å². The summed E-state index contributed by atoms with van der Waals surface area (Å²) in [6, 6.07) is 0. The van der Waals surface area contributed by atoms with Crippen LogP contribution in [0, 0.1) is 0 Å². The van der Waals surface area contributed by atoms with E-state index in [1.807, 2.05) is 11.8 Å². The van der Waals surface area contributed by atoms with Gasteiger partial charge in [-0.15, -0.1) is 0 Å². The van der Waals surface area contributed by atoms with Crippen LogP contribution in [-0.4, -0.2) is 32.5 Å². The first-order chi connectivity index (χ1) is 6.77. The van der Waals surface area contributed by atoms with Gasteiger partial charge in [0.15, 0.2) is 0 Å². The molecule has 5 heteroatoms. The molecule has 14 heavy (non-hydrogen) atoms. The van der Waals surface area contributed by atoms with Crippen molar-refractivity contribution < 1.29 is 9.90 Å². The van der Waals surface area contributed by atoms with Crippen LogP contribution in [0.25, 0.3) is 0 Å². The van der Waals surface area contributed by atoms with E-state index >= 15 is 0 Å². The maximum Gasteiger partial charge on any atom is 0.371 e. The minimum atomic E-state index is -0.986. The SMILES string of the molecule is O=C(O)c1ncc(C2CCCSC2)[nH]1. The number of thioether (sulfide) groups is 1. The summed E-state index contributed by atoms with van der Waals surface area (Å²) in [5, 5.41) is 8.70. The zero-order valence-electron chi connectivity index (χ0n) is 7.69. The van der Waals surface area contributed by atoms with Crippen LogP contribution >= 0.6 is 11.8 Å². The van der Waals surface area contributed by atoms with Crippen LogP contribution in [0.2, 0.25) is 0 Å². The van der Waals surface area contributed by atoms with Crippen LogP contribution in [0.5, 0.6) is 0 Å². The van der Waals surface area contributed by atoms with Crippen LogP contribution in [0.1, 0.15) is 35.1 Å². The Morgan fingerprint density at radius 1 is 1.71 bits per heavy atom. The van der Waals surface area contributed by atoms with Gasteiger partial charge in [0.2, 0.25) is 5.82 Å². The lowest BCUT2D eigenvalue weighted by atomic mass is 10.0.